The predicted octanol–water partition coefficient (Wildman–Crippen LogP) is -1.05. The molecule has 10 heavy (non-hydrogen) atoms. The fourth-order valence-corrected chi connectivity index (χ4v) is 0.595. The molecule has 0 aliphatic rings. The highest BCUT2D eigenvalue weighted by atomic mass is 32.1. The quantitative estimate of drug-likeness (QED) is 0.457. The van der Waals surface area contributed by atoms with Gasteiger partial charge in [-0.3, -0.25) is 9.89 Å². The number of aromatic amines is 1. The summed E-state index contributed by atoms with van der Waals surface area (Å²) in [6.45, 7) is -0.406. The molecule has 5 nitrogen and oxygen atoms in total. The van der Waals surface area contributed by atoms with Gasteiger partial charge >= 0.3 is 0 Å². The fourth-order valence-electron chi connectivity index (χ4n) is 0.454. The van der Waals surface area contributed by atoms with E-state index in [-0.39, 0.29) is 10.9 Å². The first-order valence-corrected chi connectivity index (χ1v) is 2.94. The van der Waals surface area contributed by atoms with E-state index in [4.69, 9.17) is 5.11 Å². The van der Waals surface area contributed by atoms with Crippen LogP contribution in [0.2, 0.25) is 0 Å². The number of hydrogen-bond acceptors (Lipinski definition) is 5. The second kappa shape index (κ2) is 2.80. The van der Waals surface area contributed by atoms with Crippen molar-refractivity contribution in [3.63, 3.8) is 0 Å². The molecule has 0 saturated carbocycles. The Bertz CT molecular complexity index is 284. The van der Waals surface area contributed by atoms with Gasteiger partial charge in [0.15, 0.2) is 10.9 Å². The van der Waals surface area contributed by atoms with Gasteiger partial charge in [-0.25, -0.2) is 0 Å². The minimum absolute atomic E-state index is 0.00204. The molecular formula is C4H5N3O2S. The maximum Gasteiger partial charge on any atom is 0.298 e. The van der Waals surface area contributed by atoms with Gasteiger partial charge in [0.1, 0.15) is 0 Å². The van der Waals surface area contributed by atoms with Crippen LogP contribution in [-0.2, 0) is 6.61 Å². The van der Waals surface area contributed by atoms with Gasteiger partial charge in [-0.2, -0.15) is 10.1 Å². The zero-order valence-electron chi connectivity index (χ0n) is 4.90. The minimum Gasteiger partial charge on any atom is -0.390 e. The molecule has 0 spiro atoms. The summed E-state index contributed by atoms with van der Waals surface area (Å²) in [5.41, 5.74) is -0.552. The first-order valence-electron chi connectivity index (χ1n) is 2.49. The van der Waals surface area contributed by atoms with Crippen molar-refractivity contribution in [2.45, 2.75) is 11.8 Å². The highest BCUT2D eigenvalue weighted by Crippen LogP contribution is 1.88. The molecule has 0 aliphatic carbocycles. The van der Waals surface area contributed by atoms with Gasteiger partial charge < -0.3 is 5.11 Å². The first kappa shape index (κ1) is 7.23. The molecule has 0 aromatic carbocycles. The van der Waals surface area contributed by atoms with Gasteiger partial charge in [0.25, 0.3) is 5.56 Å². The number of aromatic nitrogens is 3. The van der Waals surface area contributed by atoms with Crippen molar-refractivity contribution in [3.05, 3.63) is 16.0 Å². The Morgan fingerprint density at radius 3 is 2.90 bits per heavy atom. The summed E-state index contributed by atoms with van der Waals surface area (Å²) in [7, 11) is 0. The van der Waals surface area contributed by atoms with Crippen LogP contribution in [0.1, 0.15) is 5.69 Å². The van der Waals surface area contributed by atoms with Gasteiger partial charge in [0.05, 0.1) is 6.61 Å². The van der Waals surface area contributed by atoms with E-state index >= 15 is 0 Å². The molecule has 1 aromatic heterocycles. The lowest BCUT2D eigenvalue weighted by molar-refractivity contribution is 0.272. The number of thiol groups is 1. The maximum absolute atomic E-state index is 10.7. The molecule has 1 rings (SSSR count). The third-order valence-electron chi connectivity index (χ3n) is 0.895. The van der Waals surface area contributed by atoms with E-state index in [2.05, 4.69) is 27.8 Å². The van der Waals surface area contributed by atoms with Crippen LogP contribution in [0.4, 0.5) is 0 Å². The van der Waals surface area contributed by atoms with Crippen molar-refractivity contribution >= 4 is 12.6 Å². The van der Waals surface area contributed by atoms with Crippen LogP contribution in [0.25, 0.3) is 0 Å². The molecule has 54 valence electrons. The molecule has 1 aromatic rings. The number of aliphatic hydroxyl groups is 1. The van der Waals surface area contributed by atoms with Crippen molar-refractivity contribution in [1.82, 2.24) is 15.2 Å². The zero-order chi connectivity index (χ0) is 7.56. The normalized spacial score (nSPS) is 9.80. The zero-order valence-corrected chi connectivity index (χ0v) is 5.80. The molecule has 0 unspecified atom stereocenters. The second-order valence-electron chi connectivity index (χ2n) is 1.57. The molecule has 0 radical (unpaired) electrons. The Morgan fingerprint density at radius 2 is 2.40 bits per heavy atom. The van der Waals surface area contributed by atoms with Gasteiger partial charge in [-0.1, -0.05) is 0 Å². The van der Waals surface area contributed by atoms with E-state index in [1.807, 2.05) is 0 Å². The van der Waals surface area contributed by atoms with Crippen LogP contribution in [0, 0.1) is 0 Å². The summed E-state index contributed by atoms with van der Waals surface area (Å²) in [5, 5.41) is 14.4. The number of H-pyrrole nitrogens is 1. The van der Waals surface area contributed by atoms with E-state index < -0.39 is 12.2 Å². The molecule has 0 aliphatic heterocycles. The van der Waals surface area contributed by atoms with Crippen molar-refractivity contribution in [2.75, 3.05) is 0 Å². The van der Waals surface area contributed by atoms with Crippen LogP contribution in [0.15, 0.2) is 9.95 Å². The number of nitrogens with one attached hydrogen (secondary N) is 1. The predicted molar refractivity (Wildman–Crippen MR) is 35.8 cm³/mol. The summed E-state index contributed by atoms with van der Waals surface area (Å²) in [4.78, 5) is 14.0. The highest BCUT2D eigenvalue weighted by Gasteiger charge is 1.99. The molecule has 0 bridgehead atoms. The van der Waals surface area contributed by atoms with Crippen molar-refractivity contribution in [3.8, 4) is 0 Å². The Balaban J connectivity index is 3.20. The molecule has 0 atom stereocenters. The molecule has 2 N–H and O–H groups in total. The van der Waals surface area contributed by atoms with Crippen molar-refractivity contribution in [1.29, 1.82) is 0 Å². The highest BCUT2D eigenvalue weighted by molar-refractivity contribution is 7.80. The lowest BCUT2D eigenvalue weighted by Gasteiger charge is -1.91. The Morgan fingerprint density at radius 1 is 1.70 bits per heavy atom. The average Bonchev–Trinajstić information content (AvgIpc) is 1.88. The first-order chi connectivity index (χ1) is 4.74. The number of nitrogens with zero attached hydrogens (tertiary/aromatic N) is 2. The Hall–Kier alpha value is -0.880. The van der Waals surface area contributed by atoms with Crippen LogP contribution in [0.3, 0.4) is 0 Å². The van der Waals surface area contributed by atoms with E-state index in [1.54, 1.807) is 0 Å². The smallest absolute Gasteiger partial charge is 0.298 e. The average molecular weight is 159 g/mol. The summed E-state index contributed by atoms with van der Waals surface area (Å²) in [6, 6.07) is 0. The summed E-state index contributed by atoms with van der Waals surface area (Å²) >= 11 is 3.73. The third-order valence-corrected chi connectivity index (χ3v) is 1.09. The van der Waals surface area contributed by atoms with Crippen molar-refractivity contribution in [2.24, 2.45) is 0 Å². The monoisotopic (exact) mass is 159 g/mol. The molecule has 6 heteroatoms. The van der Waals surface area contributed by atoms with E-state index in [0.717, 1.165) is 0 Å². The molecule has 0 saturated heterocycles. The SMILES string of the molecule is O=c1nc(S)[nH]nc1CO. The third kappa shape index (κ3) is 1.34. The Labute approximate surface area is 61.5 Å². The lowest BCUT2D eigenvalue weighted by atomic mass is 10.5. The summed E-state index contributed by atoms with van der Waals surface area (Å²) in [5.74, 6) is 0. The maximum atomic E-state index is 10.7. The molecule has 0 fully saturated rings. The summed E-state index contributed by atoms with van der Waals surface area (Å²) < 4.78 is 0. The molecule has 1 heterocycles. The summed E-state index contributed by atoms with van der Waals surface area (Å²) in [6.07, 6.45) is 0. The van der Waals surface area contributed by atoms with Crippen LogP contribution in [0.5, 0.6) is 0 Å². The largest absolute Gasteiger partial charge is 0.390 e. The van der Waals surface area contributed by atoms with E-state index in [0.29, 0.717) is 0 Å². The van der Waals surface area contributed by atoms with Gasteiger partial charge in [0.2, 0.25) is 0 Å². The van der Waals surface area contributed by atoms with Crippen LogP contribution < -0.4 is 5.56 Å². The van der Waals surface area contributed by atoms with Gasteiger partial charge in [-0.05, 0) is 0 Å². The molecule has 0 amide bonds. The number of aliphatic hydroxyl groups excluding tert-OH is 1. The van der Waals surface area contributed by atoms with Gasteiger partial charge in [-0.15, -0.1) is 12.6 Å². The fraction of sp³-hybridized carbons (Fsp3) is 0.250. The standard InChI is InChI=1S/C4H5N3O2S/c8-1-2-3(9)5-4(10)7-6-2/h8H,1H2,(H2,5,7,9,10). The minimum atomic E-state index is -0.550. The topological polar surface area (TPSA) is 78.9 Å². The van der Waals surface area contributed by atoms with Crippen LogP contribution >= 0.6 is 12.6 Å². The number of rotatable bonds is 1. The number of hydrogen-bond donors (Lipinski definition) is 3. The van der Waals surface area contributed by atoms with Gasteiger partial charge in [0, 0.05) is 0 Å². The van der Waals surface area contributed by atoms with E-state index in [9.17, 15) is 4.79 Å². The van der Waals surface area contributed by atoms with E-state index in [1.165, 1.54) is 0 Å². The molecular weight excluding hydrogens is 154 g/mol. The van der Waals surface area contributed by atoms with Crippen molar-refractivity contribution < 1.29 is 5.11 Å². The Kier molecular flexibility index (Phi) is 2.03. The lowest BCUT2D eigenvalue weighted by Crippen LogP contribution is -2.16. The van der Waals surface area contributed by atoms with Crippen LogP contribution in [-0.4, -0.2) is 20.3 Å². The second-order valence-corrected chi connectivity index (χ2v) is 1.99.